The van der Waals surface area contributed by atoms with E-state index in [2.05, 4.69) is 15.3 Å². The van der Waals surface area contributed by atoms with E-state index in [1.807, 2.05) is 30.3 Å². The predicted octanol–water partition coefficient (Wildman–Crippen LogP) is 3.72. The Morgan fingerprint density at radius 1 is 1.13 bits per heavy atom. The van der Waals surface area contributed by atoms with Gasteiger partial charge in [0.15, 0.2) is 0 Å². The third kappa shape index (κ3) is 2.82. The van der Waals surface area contributed by atoms with E-state index in [0.717, 1.165) is 34.4 Å². The molecule has 0 saturated heterocycles. The Balaban J connectivity index is 1.60. The SMILES string of the molecule is O[C@H](CNc1ncnc2sc3c(c12)CCCC3)c1ccccc1. The molecule has 0 saturated carbocycles. The minimum Gasteiger partial charge on any atom is -0.387 e. The molecule has 3 aromatic rings. The summed E-state index contributed by atoms with van der Waals surface area (Å²) in [6.45, 7) is 0.445. The maximum atomic E-state index is 10.3. The van der Waals surface area contributed by atoms with Crippen LogP contribution in [0.25, 0.3) is 10.2 Å². The van der Waals surface area contributed by atoms with E-state index in [9.17, 15) is 5.11 Å². The highest BCUT2D eigenvalue weighted by Gasteiger charge is 2.20. The molecule has 2 heterocycles. The van der Waals surface area contributed by atoms with Crippen molar-refractivity contribution in [2.45, 2.75) is 31.8 Å². The molecule has 4 rings (SSSR count). The van der Waals surface area contributed by atoms with Gasteiger partial charge in [0.2, 0.25) is 0 Å². The molecule has 1 aliphatic carbocycles. The van der Waals surface area contributed by atoms with Gasteiger partial charge in [-0.1, -0.05) is 30.3 Å². The zero-order valence-corrected chi connectivity index (χ0v) is 13.6. The highest BCUT2D eigenvalue weighted by atomic mass is 32.1. The van der Waals surface area contributed by atoms with E-state index >= 15 is 0 Å². The van der Waals surface area contributed by atoms with Crippen LogP contribution in [0.1, 0.15) is 34.9 Å². The number of aryl methyl sites for hydroxylation is 2. The number of nitrogens with zero attached hydrogens (tertiary/aromatic N) is 2. The number of thiophene rings is 1. The van der Waals surface area contributed by atoms with Crippen LogP contribution in [0.5, 0.6) is 0 Å². The van der Waals surface area contributed by atoms with Gasteiger partial charge in [0.1, 0.15) is 17.0 Å². The van der Waals surface area contributed by atoms with Crippen molar-refractivity contribution in [3.63, 3.8) is 0 Å². The lowest BCUT2D eigenvalue weighted by Gasteiger charge is -2.15. The van der Waals surface area contributed by atoms with E-state index in [0.29, 0.717) is 6.54 Å². The number of aliphatic hydroxyl groups is 1. The van der Waals surface area contributed by atoms with Crippen LogP contribution in [0.3, 0.4) is 0 Å². The smallest absolute Gasteiger partial charge is 0.138 e. The Bertz CT molecular complexity index is 816. The Morgan fingerprint density at radius 2 is 1.96 bits per heavy atom. The number of hydrogen-bond acceptors (Lipinski definition) is 5. The van der Waals surface area contributed by atoms with Gasteiger partial charge < -0.3 is 10.4 Å². The summed E-state index contributed by atoms with van der Waals surface area (Å²) >= 11 is 1.79. The predicted molar refractivity (Wildman–Crippen MR) is 93.9 cm³/mol. The summed E-state index contributed by atoms with van der Waals surface area (Å²) in [6, 6.07) is 9.71. The molecule has 0 radical (unpaired) electrons. The van der Waals surface area contributed by atoms with E-state index in [1.54, 1.807) is 17.7 Å². The van der Waals surface area contributed by atoms with Crippen molar-refractivity contribution in [3.8, 4) is 0 Å². The fourth-order valence-electron chi connectivity index (χ4n) is 3.21. The van der Waals surface area contributed by atoms with Gasteiger partial charge in [0.05, 0.1) is 11.5 Å². The molecule has 2 aromatic heterocycles. The summed E-state index contributed by atoms with van der Waals surface area (Å²) < 4.78 is 0. The number of benzene rings is 1. The zero-order valence-electron chi connectivity index (χ0n) is 12.8. The molecule has 2 N–H and O–H groups in total. The second kappa shape index (κ2) is 6.26. The second-order valence-electron chi connectivity index (χ2n) is 5.92. The molecule has 0 amide bonds. The van der Waals surface area contributed by atoms with Crippen LogP contribution in [-0.2, 0) is 12.8 Å². The fourth-order valence-corrected chi connectivity index (χ4v) is 4.44. The van der Waals surface area contributed by atoms with Crippen LogP contribution in [0.15, 0.2) is 36.7 Å². The number of hydrogen-bond donors (Lipinski definition) is 2. The molecule has 118 valence electrons. The van der Waals surface area contributed by atoms with Crippen molar-refractivity contribution in [3.05, 3.63) is 52.7 Å². The summed E-state index contributed by atoms with van der Waals surface area (Å²) in [5, 5.41) is 14.8. The van der Waals surface area contributed by atoms with Gasteiger partial charge in [-0.25, -0.2) is 9.97 Å². The first kappa shape index (κ1) is 14.6. The molecule has 0 bridgehead atoms. The third-order valence-corrected chi connectivity index (χ3v) is 5.60. The minimum atomic E-state index is -0.546. The molecule has 4 nitrogen and oxygen atoms in total. The lowest BCUT2D eigenvalue weighted by Crippen LogP contribution is -2.13. The van der Waals surface area contributed by atoms with Crippen LogP contribution < -0.4 is 5.32 Å². The van der Waals surface area contributed by atoms with Gasteiger partial charge in [0.25, 0.3) is 0 Å². The van der Waals surface area contributed by atoms with Crippen molar-refractivity contribution in [1.29, 1.82) is 0 Å². The van der Waals surface area contributed by atoms with Gasteiger partial charge in [-0.2, -0.15) is 0 Å². The largest absolute Gasteiger partial charge is 0.387 e. The number of aromatic nitrogens is 2. The minimum absolute atomic E-state index is 0.445. The lowest BCUT2D eigenvalue weighted by molar-refractivity contribution is 0.191. The Morgan fingerprint density at radius 3 is 2.83 bits per heavy atom. The molecule has 1 aromatic carbocycles. The van der Waals surface area contributed by atoms with Crippen molar-refractivity contribution in [2.75, 3.05) is 11.9 Å². The molecule has 5 heteroatoms. The van der Waals surface area contributed by atoms with Gasteiger partial charge >= 0.3 is 0 Å². The summed E-state index contributed by atoms with van der Waals surface area (Å²) in [5.74, 6) is 0.851. The average molecular weight is 325 g/mol. The molecular weight excluding hydrogens is 306 g/mol. The van der Waals surface area contributed by atoms with Crippen molar-refractivity contribution in [2.24, 2.45) is 0 Å². The molecule has 1 atom stereocenters. The summed E-state index contributed by atoms with van der Waals surface area (Å²) in [7, 11) is 0. The third-order valence-electron chi connectivity index (χ3n) is 4.40. The number of aliphatic hydroxyl groups excluding tert-OH is 1. The van der Waals surface area contributed by atoms with Crippen LogP contribution in [0.2, 0.25) is 0 Å². The normalized spacial score (nSPS) is 15.3. The van der Waals surface area contributed by atoms with Gasteiger partial charge in [-0.3, -0.25) is 0 Å². The fraction of sp³-hybridized carbons (Fsp3) is 0.333. The Hall–Kier alpha value is -1.98. The summed E-state index contributed by atoms with van der Waals surface area (Å²) in [4.78, 5) is 11.4. The number of fused-ring (bicyclic) bond motifs is 3. The zero-order chi connectivity index (χ0) is 15.6. The first-order valence-electron chi connectivity index (χ1n) is 8.05. The molecule has 0 unspecified atom stereocenters. The first-order chi connectivity index (χ1) is 11.3. The highest BCUT2D eigenvalue weighted by Crippen LogP contribution is 2.38. The quantitative estimate of drug-likeness (QED) is 0.767. The van der Waals surface area contributed by atoms with Gasteiger partial charge in [-0.15, -0.1) is 11.3 Å². The van der Waals surface area contributed by atoms with E-state index in [-0.39, 0.29) is 0 Å². The maximum Gasteiger partial charge on any atom is 0.138 e. The average Bonchev–Trinajstić information content (AvgIpc) is 2.99. The number of anilines is 1. The Kier molecular flexibility index (Phi) is 3.97. The number of nitrogens with one attached hydrogen (secondary N) is 1. The first-order valence-corrected chi connectivity index (χ1v) is 8.86. The number of rotatable bonds is 4. The molecular formula is C18H19N3OS. The van der Waals surface area contributed by atoms with Crippen LogP contribution >= 0.6 is 11.3 Å². The Labute approximate surface area is 139 Å². The van der Waals surface area contributed by atoms with E-state index in [4.69, 9.17) is 0 Å². The van der Waals surface area contributed by atoms with E-state index < -0.39 is 6.10 Å². The topological polar surface area (TPSA) is 58.0 Å². The van der Waals surface area contributed by atoms with Crippen molar-refractivity contribution >= 4 is 27.4 Å². The van der Waals surface area contributed by atoms with Crippen LogP contribution in [0.4, 0.5) is 5.82 Å². The van der Waals surface area contributed by atoms with E-state index in [1.165, 1.54) is 23.3 Å². The maximum absolute atomic E-state index is 10.3. The summed E-state index contributed by atoms with van der Waals surface area (Å²) in [5.41, 5.74) is 2.33. The lowest BCUT2D eigenvalue weighted by atomic mass is 9.97. The van der Waals surface area contributed by atoms with Crippen LogP contribution in [0, 0.1) is 0 Å². The standard InChI is InChI=1S/C18H19N3OS/c22-14(12-6-2-1-3-7-12)10-19-17-16-13-8-4-5-9-15(13)23-18(16)21-11-20-17/h1-3,6-7,11,14,22H,4-5,8-10H2,(H,19,20,21)/t14-/m1/s1. The summed E-state index contributed by atoms with van der Waals surface area (Å²) in [6.07, 6.45) is 5.83. The monoisotopic (exact) mass is 325 g/mol. The molecule has 0 aliphatic heterocycles. The van der Waals surface area contributed by atoms with Crippen molar-refractivity contribution in [1.82, 2.24) is 9.97 Å². The molecule has 0 fully saturated rings. The van der Waals surface area contributed by atoms with Crippen molar-refractivity contribution < 1.29 is 5.11 Å². The molecule has 0 spiro atoms. The van der Waals surface area contributed by atoms with Gasteiger partial charge in [-0.05, 0) is 36.8 Å². The molecule has 23 heavy (non-hydrogen) atoms. The second-order valence-corrected chi connectivity index (χ2v) is 7.00. The van der Waals surface area contributed by atoms with Gasteiger partial charge in [0, 0.05) is 11.4 Å². The molecule has 1 aliphatic rings. The van der Waals surface area contributed by atoms with Crippen LogP contribution in [-0.4, -0.2) is 21.6 Å². The highest BCUT2D eigenvalue weighted by molar-refractivity contribution is 7.19.